The summed E-state index contributed by atoms with van der Waals surface area (Å²) in [5.41, 5.74) is 1.81. The Balaban J connectivity index is 1.74. The Morgan fingerprint density at radius 1 is 1.17 bits per heavy atom. The van der Waals surface area contributed by atoms with Crippen molar-refractivity contribution in [3.8, 4) is 0 Å². The van der Waals surface area contributed by atoms with Gasteiger partial charge in [-0.15, -0.1) is 0 Å². The molecule has 3 heteroatoms. The fraction of sp³-hybridized carbons (Fsp3) is 0.381. The van der Waals surface area contributed by atoms with Crippen LogP contribution >= 0.6 is 0 Å². The highest BCUT2D eigenvalue weighted by molar-refractivity contribution is 5.83. The van der Waals surface area contributed by atoms with E-state index in [0.717, 1.165) is 18.4 Å². The number of halogens is 1. The summed E-state index contributed by atoms with van der Waals surface area (Å²) >= 11 is 0. The molecule has 0 aromatic heterocycles. The second-order valence-corrected chi connectivity index (χ2v) is 6.68. The minimum absolute atomic E-state index is 0.0287. The van der Waals surface area contributed by atoms with E-state index in [9.17, 15) is 9.18 Å². The summed E-state index contributed by atoms with van der Waals surface area (Å²) in [6.07, 6.45) is 1.66. The van der Waals surface area contributed by atoms with Crippen molar-refractivity contribution in [1.29, 1.82) is 0 Å². The fourth-order valence-electron chi connectivity index (χ4n) is 3.25. The van der Waals surface area contributed by atoms with Crippen molar-refractivity contribution in [3.63, 3.8) is 0 Å². The van der Waals surface area contributed by atoms with Crippen LogP contribution in [0.25, 0.3) is 0 Å². The topological polar surface area (TPSA) is 20.3 Å². The van der Waals surface area contributed by atoms with E-state index >= 15 is 0 Å². The molecular weight excluding hydrogens is 301 g/mol. The molecule has 2 aromatic carbocycles. The molecule has 1 aliphatic carbocycles. The van der Waals surface area contributed by atoms with Crippen molar-refractivity contribution in [2.24, 2.45) is 5.92 Å². The molecule has 3 atom stereocenters. The van der Waals surface area contributed by atoms with Crippen molar-refractivity contribution in [1.82, 2.24) is 4.90 Å². The third-order valence-electron chi connectivity index (χ3n) is 5.01. The minimum Gasteiger partial charge on any atom is -0.335 e. The van der Waals surface area contributed by atoms with Gasteiger partial charge in [-0.05, 0) is 42.9 Å². The molecule has 2 nitrogen and oxygen atoms in total. The van der Waals surface area contributed by atoms with Crippen LogP contribution in [0.5, 0.6) is 0 Å². The van der Waals surface area contributed by atoms with Gasteiger partial charge >= 0.3 is 0 Å². The lowest BCUT2D eigenvalue weighted by atomic mass is 10.1. The monoisotopic (exact) mass is 325 g/mol. The van der Waals surface area contributed by atoms with Gasteiger partial charge in [-0.2, -0.15) is 0 Å². The van der Waals surface area contributed by atoms with Crippen molar-refractivity contribution < 1.29 is 9.18 Å². The van der Waals surface area contributed by atoms with E-state index in [2.05, 4.69) is 13.8 Å². The van der Waals surface area contributed by atoms with Crippen LogP contribution in [0.2, 0.25) is 0 Å². The molecule has 0 aliphatic heterocycles. The molecule has 3 rings (SSSR count). The molecule has 126 valence electrons. The lowest BCUT2D eigenvalue weighted by Gasteiger charge is -2.29. The average Bonchev–Trinajstić information content (AvgIpc) is 3.40. The zero-order valence-electron chi connectivity index (χ0n) is 14.3. The van der Waals surface area contributed by atoms with Gasteiger partial charge in [-0.25, -0.2) is 4.39 Å². The standard InChI is InChI=1S/C21H24FNO/c1-3-15(2)23(14-16-9-5-4-6-10-16)21(24)19-13-18(19)17-11-7-8-12-20(17)22/h4-12,15,18-19H,3,13-14H2,1-2H3. The summed E-state index contributed by atoms with van der Waals surface area (Å²) in [6, 6.07) is 17.1. The summed E-state index contributed by atoms with van der Waals surface area (Å²) in [4.78, 5) is 15.0. The van der Waals surface area contributed by atoms with Crippen LogP contribution < -0.4 is 0 Å². The average molecular weight is 325 g/mol. The van der Waals surface area contributed by atoms with Crippen molar-refractivity contribution >= 4 is 5.91 Å². The lowest BCUT2D eigenvalue weighted by molar-refractivity contribution is -0.135. The summed E-state index contributed by atoms with van der Waals surface area (Å²) < 4.78 is 14.0. The molecule has 0 saturated heterocycles. The van der Waals surface area contributed by atoms with E-state index in [1.807, 2.05) is 41.3 Å². The molecule has 1 amide bonds. The van der Waals surface area contributed by atoms with Crippen molar-refractivity contribution in [3.05, 3.63) is 71.5 Å². The zero-order chi connectivity index (χ0) is 17.1. The molecule has 0 radical (unpaired) electrons. The normalized spacial score (nSPS) is 20.5. The number of amides is 1. The van der Waals surface area contributed by atoms with E-state index in [1.54, 1.807) is 12.1 Å². The highest BCUT2D eigenvalue weighted by Crippen LogP contribution is 2.49. The third-order valence-corrected chi connectivity index (χ3v) is 5.01. The quantitative estimate of drug-likeness (QED) is 0.750. The first kappa shape index (κ1) is 16.7. The number of hydrogen-bond acceptors (Lipinski definition) is 1. The second kappa shape index (κ2) is 7.16. The SMILES string of the molecule is CCC(C)N(Cc1ccccc1)C(=O)C1CC1c1ccccc1F. The first-order valence-electron chi connectivity index (χ1n) is 8.70. The van der Waals surface area contributed by atoms with Crippen LogP contribution in [0, 0.1) is 11.7 Å². The van der Waals surface area contributed by atoms with Gasteiger partial charge in [0.15, 0.2) is 0 Å². The largest absolute Gasteiger partial charge is 0.335 e. The maximum atomic E-state index is 14.0. The van der Waals surface area contributed by atoms with Crippen LogP contribution in [0.3, 0.4) is 0 Å². The molecule has 0 N–H and O–H groups in total. The minimum atomic E-state index is -0.198. The Labute approximate surface area is 143 Å². The van der Waals surface area contributed by atoms with E-state index in [0.29, 0.717) is 12.1 Å². The van der Waals surface area contributed by atoms with Gasteiger partial charge < -0.3 is 4.90 Å². The Morgan fingerprint density at radius 2 is 1.83 bits per heavy atom. The van der Waals surface area contributed by atoms with Gasteiger partial charge in [-0.3, -0.25) is 4.79 Å². The van der Waals surface area contributed by atoms with Gasteiger partial charge in [0, 0.05) is 18.5 Å². The Morgan fingerprint density at radius 3 is 2.50 bits per heavy atom. The number of rotatable bonds is 6. The predicted octanol–water partition coefficient (Wildman–Crippen LogP) is 4.76. The Bertz CT molecular complexity index is 700. The highest BCUT2D eigenvalue weighted by atomic mass is 19.1. The maximum absolute atomic E-state index is 14.0. The molecule has 1 saturated carbocycles. The second-order valence-electron chi connectivity index (χ2n) is 6.68. The molecule has 24 heavy (non-hydrogen) atoms. The van der Waals surface area contributed by atoms with E-state index in [1.165, 1.54) is 6.07 Å². The Kier molecular flexibility index (Phi) is 4.98. The smallest absolute Gasteiger partial charge is 0.226 e. The molecule has 0 bridgehead atoms. The van der Waals surface area contributed by atoms with Crippen LogP contribution in [0.4, 0.5) is 4.39 Å². The molecule has 3 unspecified atom stereocenters. The number of carbonyl (C=O) groups excluding carboxylic acids is 1. The van der Waals surface area contributed by atoms with Crippen LogP contribution in [-0.4, -0.2) is 16.8 Å². The van der Waals surface area contributed by atoms with Gasteiger partial charge in [0.25, 0.3) is 0 Å². The number of hydrogen-bond donors (Lipinski definition) is 0. The van der Waals surface area contributed by atoms with Crippen LogP contribution in [0.1, 0.15) is 43.7 Å². The van der Waals surface area contributed by atoms with Crippen LogP contribution in [-0.2, 0) is 11.3 Å². The molecular formula is C21H24FNO. The molecule has 1 fully saturated rings. The van der Waals surface area contributed by atoms with Gasteiger partial charge in [0.05, 0.1) is 0 Å². The van der Waals surface area contributed by atoms with Crippen molar-refractivity contribution in [2.45, 2.75) is 45.2 Å². The summed E-state index contributed by atoms with van der Waals surface area (Å²) in [5.74, 6) is -0.0990. The summed E-state index contributed by atoms with van der Waals surface area (Å²) in [7, 11) is 0. The van der Waals surface area contributed by atoms with Crippen molar-refractivity contribution in [2.75, 3.05) is 0 Å². The van der Waals surface area contributed by atoms with E-state index < -0.39 is 0 Å². The summed E-state index contributed by atoms with van der Waals surface area (Å²) in [5, 5.41) is 0. The first-order valence-corrected chi connectivity index (χ1v) is 8.70. The Hall–Kier alpha value is -2.16. The molecule has 0 heterocycles. The van der Waals surface area contributed by atoms with E-state index in [4.69, 9.17) is 0 Å². The maximum Gasteiger partial charge on any atom is 0.226 e. The third kappa shape index (κ3) is 3.50. The van der Waals surface area contributed by atoms with Gasteiger partial charge in [0.1, 0.15) is 5.82 Å². The number of carbonyl (C=O) groups is 1. The number of benzene rings is 2. The summed E-state index contributed by atoms with van der Waals surface area (Å²) in [6.45, 7) is 4.80. The first-order chi connectivity index (χ1) is 11.6. The zero-order valence-corrected chi connectivity index (χ0v) is 14.3. The molecule has 2 aromatic rings. The lowest BCUT2D eigenvalue weighted by Crippen LogP contribution is -2.39. The highest BCUT2D eigenvalue weighted by Gasteiger charge is 2.47. The fourth-order valence-corrected chi connectivity index (χ4v) is 3.25. The van der Waals surface area contributed by atoms with Crippen LogP contribution in [0.15, 0.2) is 54.6 Å². The molecule has 1 aliphatic rings. The predicted molar refractivity (Wildman–Crippen MR) is 94.0 cm³/mol. The van der Waals surface area contributed by atoms with Gasteiger partial charge in [-0.1, -0.05) is 55.5 Å². The number of nitrogens with zero attached hydrogens (tertiary/aromatic N) is 1. The van der Waals surface area contributed by atoms with E-state index in [-0.39, 0.29) is 29.6 Å². The molecule has 0 spiro atoms. The van der Waals surface area contributed by atoms with Gasteiger partial charge in [0.2, 0.25) is 5.91 Å².